The average molecular weight is 250 g/mol. The molecule has 0 aliphatic carbocycles. The van der Waals surface area contributed by atoms with Gasteiger partial charge in [0.2, 0.25) is 10.0 Å². The molecular formula is C8H12ClN3O2S. The van der Waals surface area contributed by atoms with E-state index in [0.717, 1.165) is 0 Å². The second-order valence-corrected chi connectivity index (χ2v) is 5.04. The smallest absolute Gasteiger partial charge is 0.242 e. The zero-order valence-corrected chi connectivity index (χ0v) is 9.77. The summed E-state index contributed by atoms with van der Waals surface area (Å²) in [4.78, 5) is 3.79. The van der Waals surface area contributed by atoms with E-state index in [1.165, 1.54) is 18.5 Å². The third-order valence-corrected chi connectivity index (χ3v) is 3.29. The molecule has 0 aromatic carbocycles. The van der Waals surface area contributed by atoms with Crippen molar-refractivity contribution in [3.8, 4) is 0 Å². The van der Waals surface area contributed by atoms with Crippen LogP contribution in [0, 0.1) is 0 Å². The average Bonchev–Trinajstić information content (AvgIpc) is 2.18. The lowest BCUT2D eigenvalue weighted by Gasteiger charge is -2.05. The van der Waals surface area contributed by atoms with Gasteiger partial charge in [0, 0.05) is 25.5 Å². The Balaban J connectivity index is 2.77. The van der Waals surface area contributed by atoms with Gasteiger partial charge in [-0.25, -0.2) is 13.1 Å². The van der Waals surface area contributed by atoms with Crippen molar-refractivity contribution in [2.24, 2.45) is 0 Å². The van der Waals surface area contributed by atoms with Crippen LogP contribution >= 0.6 is 11.6 Å². The maximum atomic E-state index is 11.6. The summed E-state index contributed by atoms with van der Waals surface area (Å²) in [6.07, 6.45) is 2.64. The Hall–Kier alpha value is -0.690. The van der Waals surface area contributed by atoms with Crippen LogP contribution in [0.25, 0.3) is 0 Å². The zero-order valence-electron chi connectivity index (χ0n) is 8.20. The first-order valence-electron chi connectivity index (χ1n) is 4.31. The lowest BCUT2D eigenvalue weighted by molar-refractivity contribution is 0.579. The van der Waals surface area contributed by atoms with Crippen molar-refractivity contribution < 1.29 is 8.42 Å². The van der Waals surface area contributed by atoms with Gasteiger partial charge in [-0.15, -0.1) is 0 Å². The lowest BCUT2D eigenvalue weighted by atomic mass is 10.5. The van der Waals surface area contributed by atoms with Crippen LogP contribution in [0.15, 0.2) is 23.4 Å². The molecule has 7 heteroatoms. The zero-order chi connectivity index (χ0) is 11.3. The van der Waals surface area contributed by atoms with Crippen molar-refractivity contribution in [1.82, 2.24) is 15.0 Å². The first kappa shape index (κ1) is 12.4. The predicted octanol–water partition coefficient (Wildman–Crippen LogP) is 0.233. The van der Waals surface area contributed by atoms with Gasteiger partial charge in [0.1, 0.15) is 4.90 Å². The Morgan fingerprint density at radius 3 is 2.73 bits per heavy atom. The van der Waals surface area contributed by atoms with Crippen LogP contribution in [0.5, 0.6) is 0 Å². The monoisotopic (exact) mass is 249 g/mol. The van der Waals surface area contributed by atoms with Gasteiger partial charge in [-0.2, -0.15) is 0 Å². The number of halogens is 1. The van der Waals surface area contributed by atoms with Crippen molar-refractivity contribution in [2.75, 3.05) is 20.1 Å². The summed E-state index contributed by atoms with van der Waals surface area (Å²) in [5, 5.41) is 3.13. The molecule has 1 aromatic heterocycles. The van der Waals surface area contributed by atoms with Crippen LogP contribution in [0.3, 0.4) is 0 Å². The maximum Gasteiger partial charge on any atom is 0.242 e. The first-order valence-corrected chi connectivity index (χ1v) is 6.17. The number of sulfonamides is 1. The molecule has 1 rings (SSSR count). The van der Waals surface area contributed by atoms with Gasteiger partial charge in [0.25, 0.3) is 0 Å². The first-order chi connectivity index (χ1) is 7.06. The molecule has 5 nitrogen and oxygen atoms in total. The molecule has 0 atom stereocenters. The minimum absolute atomic E-state index is 0.0751. The molecule has 0 unspecified atom stereocenters. The van der Waals surface area contributed by atoms with E-state index < -0.39 is 10.0 Å². The van der Waals surface area contributed by atoms with Crippen LogP contribution < -0.4 is 10.0 Å². The Labute approximate surface area is 93.9 Å². The van der Waals surface area contributed by atoms with Gasteiger partial charge < -0.3 is 5.32 Å². The van der Waals surface area contributed by atoms with Crippen LogP contribution in [-0.4, -0.2) is 33.5 Å². The lowest BCUT2D eigenvalue weighted by Crippen LogP contribution is -2.30. The summed E-state index contributed by atoms with van der Waals surface area (Å²) in [6, 6.07) is 1.36. The SMILES string of the molecule is CNCCNS(=O)(=O)c1cncc(Cl)c1. The highest BCUT2D eigenvalue weighted by Gasteiger charge is 2.13. The Bertz CT molecular complexity index is 422. The number of likely N-dealkylation sites (N-methyl/N-ethyl adjacent to an activating group) is 1. The molecule has 0 bridgehead atoms. The largest absolute Gasteiger partial charge is 0.318 e. The second-order valence-electron chi connectivity index (χ2n) is 2.84. The van der Waals surface area contributed by atoms with Crippen molar-refractivity contribution in [1.29, 1.82) is 0 Å². The van der Waals surface area contributed by atoms with E-state index in [0.29, 0.717) is 18.1 Å². The Morgan fingerprint density at radius 2 is 2.13 bits per heavy atom. The minimum Gasteiger partial charge on any atom is -0.318 e. The molecule has 0 aliphatic heterocycles. The van der Waals surface area contributed by atoms with E-state index >= 15 is 0 Å². The second kappa shape index (κ2) is 5.41. The number of nitrogens with one attached hydrogen (secondary N) is 2. The van der Waals surface area contributed by atoms with Crippen molar-refractivity contribution in [3.63, 3.8) is 0 Å². The third-order valence-electron chi connectivity index (χ3n) is 1.66. The summed E-state index contributed by atoms with van der Waals surface area (Å²) in [5.41, 5.74) is 0. The van der Waals surface area contributed by atoms with Crippen molar-refractivity contribution in [2.45, 2.75) is 4.90 Å². The molecule has 0 aliphatic rings. The highest BCUT2D eigenvalue weighted by atomic mass is 35.5. The molecule has 15 heavy (non-hydrogen) atoms. The molecule has 1 heterocycles. The maximum absolute atomic E-state index is 11.6. The number of hydrogen-bond acceptors (Lipinski definition) is 4. The molecule has 0 saturated carbocycles. The fraction of sp³-hybridized carbons (Fsp3) is 0.375. The van der Waals surface area contributed by atoms with Gasteiger partial charge in [-0.3, -0.25) is 4.98 Å². The van der Waals surface area contributed by atoms with Crippen LogP contribution in [-0.2, 0) is 10.0 Å². The molecule has 0 spiro atoms. The van der Waals surface area contributed by atoms with Crippen molar-refractivity contribution in [3.05, 3.63) is 23.5 Å². The van der Waals surface area contributed by atoms with Gasteiger partial charge in [-0.1, -0.05) is 11.6 Å². The summed E-state index contributed by atoms with van der Waals surface area (Å²) in [6.45, 7) is 0.887. The van der Waals surface area contributed by atoms with Crippen LogP contribution in [0.2, 0.25) is 5.02 Å². The molecule has 1 aromatic rings. The molecule has 0 saturated heterocycles. The number of pyridine rings is 1. The van der Waals surface area contributed by atoms with E-state index in [1.54, 1.807) is 7.05 Å². The molecular weight excluding hydrogens is 238 g/mol. The van der Waals surface area contributed by atoms with Crippen molar-refractivity contribution >= 4 is 21.6 Å². The quantitative estimate of drug-likeness (QED) is 0.733. The highest BCUT2D eigenvalue weighted by Crippen LogP contribution is 2.12. The summed E-state index contributed by atoms with van der Waals surface area (Å²) in [5.74, 6) is 0. The van der Waals surface area contributed by atoms with E-state index in [2.05, 4.69) is 15.0 Å². The minimum atomic E-state index is -3.49. The Morgan fingerprint density at radius 1 is 1.40 bits per heavy atom. The van der Waals surface area contributed by atoms with Gasteiger partial charge >= 0.3 is 0 Å². The topological polar surface area (TPSA) is 71.1 Å². The Kier molecular flexibility index (Phi) is 4.46. The van der Waals surface area contributed by atoms with Gasteiger partial charge in [-0.05, 0) is 13.1 Å². The normalized spacial score (nSPS) is 11.6. The number of aromatic nitrogens is 1. The highest BCUT2D eigenvalue weighted by molar-refractivity contribution is 7.89. The fourth-order valence-corrected chi connectivity index (χ4v) is 2.19. The van der Waals surface area contributed by atoms with Crippen LogP contribution in [0.4, 0.5) is 0 Å². The fourth-order valence-electron chi connectivity index (χ4n) is 0.933. The summed E-state index contributed by atoms with van der Waals surface area (Å²) < 4.78 is 25.7. The van der Waals surface area contributed by atoms with E-state index in [1.807, 2.05) is 0 Å². The standard InChI is InChI=1S/C8H12ClN3O2S/c1-10-2-3-12-15(13,14)8-4-7(9)5-11-6-8/h4-6,10,12H,2-3H2,1H3. The van der Waals surface area contributed by atoms with Gasteiger partial charge in [0.15, 0.2) is 0 Å². The molecule has 0 radical (unpaired) electrons. The molecule has 0 amide bonds. The van der Waals surface area contributed by atoms with E-state index in [4.69, 9.17) is 11.6 Å². The number of nitrogens with zero attached hydrogens (tertiary/aromatic N) is 1. The predicted molar refractivity (Wildman–Crippen MR) is 58.4 cm³/mol. The molecule has 0 fully saturated rings. The number of rotatable bonds is 5. The molecule has 84 valence electrons. The van der Waals surface area contributed by atoms with E-state index in [9.17, 15) is 8.42 Å². The van der Waals surface area contributed by atoms with Crippen LogP contribution in [0.1, 0.15) is 0 Å². The summed E-state index contributed by atoms with van der Waals surface area (Å²) >= 11 is 5.65. The van der Waals surface area contributed by atoms with Gasteiger partial charge in [0.05, 0.1) is 5.02 Å². The van der Waals surface area contributed by atoms with E-state index in [-0.39, 0.29) is 4.90 Å². The summed E-state index contributed by atoms with van der Waals surface area (Å²) in [7, 11) is -1.75. The number of hydrogen-bond donors (Lipinski definition) is 2. The molecule has 2 N–H and O–H groups in total. The third kappa shape index (κ3) is 3.75.